The van der Waals surface area contributed by atoms with Crippen LogP contribution in [0.1, 0.15) is 49.7 Å². The number of hydrogen-bond donors (Lipinski definition) is 1. The summed E-state index contributed by atoms with van der Waals surface area (Å²) >= 11 is 0. The summed E-state index contributed by atoms with van der Waals surface area (Å²) in [6.07, 6.45) is 5.54. The van der Waals surface area contributed by atoms with E-state index < -0.39 is 5.41 Å². The largest absolute Gasteiger partial charge is 0.324 e. The lowest BCUT2D eigenvalue weighted by Gasteiger charge is -2.24. The van der Waals surface area contributed by atoms with Crippen molar-refractivity contribution in [3.05, 3.63) is 29.3 Å². The molecule has 0 spiro atoms. The van der Waals surface area contributed by atoms with E-state index in [0.717, 1.165) is 36.9 Å². The van der Waals surface area contributed by atoms with Crippen molar-refractivity contribution in [1.29, 1.82) is 5.26 Å². The number of benzene rings is 1. The van der Waals surface area contributed by atoms with Crippen LogP contribution in [-0.2, 0) is 4.79 Å². The smallest absolute Gasteiger partial charge is 0.244 e. The highest BCUT2D eigenvalue weighted by Crippen LogP contribution is 2.36. The molecule has 2 rings (SSSR count). The summed E-state index contributed by atoms with van der Waals surface area (Å²) in [6.45, 7) is 4.01. The van der Waals surface area contributed by atoms with Crippen LogP contribution in [0, 0.1) is 30.6 Å². The van der Waals surface area contributed by atoms with Gasteiger partial charge in [-0.1, -0.05) is 43.4 Å². The second kappa shape index (κ2) is 6.09. The van der Waals surface area contributed by atoms with Gasteiger partial charge in [-0.3, -0.25) is 4.79 Å². The Morgan fingerprint density at radius 1 is 1.20 bits per heavy atom. The molecule has 106 valence electrons. The minimum atomic E-state index is -0.839. The number of aryl methyl sites for hydroxylation is 2. The monoisotopic (exact) mass is 270 g/mol. The van der Waals surface area contributed by atoms with Gasteiger partial charge in [0.15, 0.2) is 0 Å². The lowest BCUT2D eigenvalue weighted by atomic mass is 9.81. The van der Waals surface area contributed by atoms with E-state index in [1.807, 2.05) is 32.0 Å². The third kappa shape index (κ3) is 3.01. The van der Waals surface area contributed by atoms with Crippen LogP contribution in [0.5, 0.6) is 0 Å². The molecule has 0 radical (unpaired) electrons. The Balaban J connectivity index is 2.19. The van der Waals surface area contributed by atoms with Crippen LogP contribution in [0.25, 0.3) is 0 Å². The molecule has 0 unspecified atom stereocenters. The summed E-state index contributed by atoms with van der Waals surface area (Å²) in [5.74, 6) is -0.131. The second-order valence-electron chi connectivity index (χ2n) is 5.88. The third-order valence-electron chi connectivity index (χ3n) is 4.24. The SMILES string of the molecule is Cc1ccc(NC(=O)C2(C#N)CCCCCC2)c(C)c1. The Kier molecular flexibility index (Phi) is 4.44. The van der Waals surface area contributed by atoms with Gasteiger partial charge >= 0.3 is 0 Å². The summed E-state index contributed by atoms with van der Waals surface area (Å²) in [6, 6.07) is 8.24. The quantitative estimate of drug-likeness (QED) is 0.822. The zero-order chi connectivity index (χ0) is 14.6. The lowest BCUT2D eigenvalue weighted by molar-refractivity contribution is -0.123. The zero-order valence-corrected chi connectivity index (χ0v) is 12.3. The fourth-order valence-electron chi connectivity index (χ4n) is 2.92. The van der Waals surface area contributed by atoms with E-state index in [-0.39, 0.29) is 5.91 Å². The molecule has 0 atom stereocenters. The van der Waals surface area contributed by atoms with Gasteiger partial charge in [0.25, 0.3) is 0 Å². The highest BCUT2D eigenvalue weighted by atomic mass is 16.2. The second-order valence-corrected chi connectivity index (χ2v) is 5.88. The molecular weight excluding hydrogens is 248 g/mol. The van der Waals surface area contributed by atoms with Crippen LogP contribution in [-0.4, -0.2) is 5.91 Å². The van der Waals surface area contributed by atoms with Crippen molar-refractivity contribution in [2.75, 3.05) is 5.32 Å². The Labute approximate surface area is 121 Å². The molecule has 0 saturated heterocycles. The summed E-state index contributed by atoms with van der Waals surface area (Å²) < 4.78 is 0. The first-order chi connectivity index (χ1) is 9.57. The Morgan fingerprint density at radius 3 is 2.40 bits per heavy atom. The number of hydrogen-bond acceptors (Lipinski definition) is 2. The van der Waals surface area contributed by atoms with Crippen molar-refractivity contribution in [2.24, 2.45) is 5.41 Å². The van der Waals surface area contributed by atoms with Gasteiger partial charge in [0, 0.05) is 5.69 Å². The van der Waals surface area contributed by atoms with Gasteiger partial charge in [0.1, 0.15) is 5.41 Å². The van der Waals surface area contributed by atoms with Crippen molar-refractivity contribution < 1.29 is 4.79 Å². The van der Waals surface area contributed by atoms with Crippen LogP contribution >= 0.6 is 0 Å². The molecule has 1 aliphatic rings. The van der Waals surface area contributed by atoms with E-state index in [0.29, 0.717) is 12.8 Å². The van der Waals surface area contributed by atoms with Gasteiger partial charge in [-0.2, -0.15) is 5.26 Å². The van der Waals surface area contributed by atoms with Gasteiger partial charge < -0.3 is 5.32 Å². The number of rotatable bonds is 2. The molecule has 1 saturated carbocycles. The first-order valence-electron chi connectivity index (χ1n) is 7.37. The van der Waals surface area contributed by atoms with Gasteiger partial charge in [-0.25, -0.2) is 0 Å². The fourth-order valence-corrected chi connectivity index (χ4v) is 2.92. The van der Waals surface area contributed by atoms with E-state index in [1.165, 1.54) is 5.56 Å². The average molecular weight is 270 g/mol. The topological polar surface area (TPSA) is 52.9 Å². The minimum absolute atomic E-state index is 0.131. The molecule has 1 aliphatic carbocycles. The average Bonchev–Trinajstić information content (AvgIpc) is 2.68. The summed E-state index contributed by atoms with van der Waals surface area (Å²) in [5, 5.41) is 12.5. The molecule has 0 bridgehead atoms. The maximum Gasteiger partial charge on any atom is 0.244 e. The van der Waals surface area contributed by atoms with Crippen molar-refractivity contribution in [3.63, 3.8) is 0 Å². The summed E-state index contributed by atoms with van der Waals surface area (Å²) in [7, 11) is 0. The maximum absolute atomic E-state index is 12.6. The van der Waals surface area contributed by atoms with Crippen LogP contribution in [0.4, 0.5) is 5.69 Å². The Morgan fingerprint density at radius 2 is 1.85 bits per heavy atom. The minimum Gasteiger partial charge on any atom is -0.324 e. The van der Waals surface area contributed by atoms with E-state index >= 15 is 0 Å². The molecule has 1 fully saturated rings. The Hall–Kier alpha value is -1.82. The molecule has 0 heterocycles. The molecule has 1 aromatic rings. The van der Waals surface area contributed by atoms with E-state index in [1.54, 1.807) is 0 Å². The van der Waals surface area contributed by atoms with Gasteiger partial charge in [-0.15, -0.1) is 0 Å². The molecule has 3 heteroatoms. The van der Waals surface area contributed by atoms with E-state index in [4.69, 9.17) is 0 Å². The molecule has 1 N–H and O–H groups in total. The third-order valence-corrected chi connectivity index (χ3v) is 4.24. The summed E-state index contributed by atoms with van der Waals surface area (Å²) in [4.78, 5) is 12.6. The molecule has 0 aromatic heterocycles. The van der Waals surface area contributed by atoms with E-state index in [9.17, 15) is 10.1 Å². The number of nitriles is 1. The molecule has 0 aliphatic heterocycles. The predicted molar refractivity (Wildman–Crippen MR) is 80.3 cm³/mol. The van der Waals surface area contributed by atoms with Crippen molar-refractivity contribution >= 4 is 11.6 Å². The number of anilines is 1. The van der Waals surface area contributed by atoms with Crippen LogP contribution in [0.3, 0.4) is 0 Å². The van der Waals surface area contributed by atoms with Crippen LogP contribution in [0.15, 0.2) is 18.2 Å². The molecule has 20 heavy (non-hydrogen) atoms. The number of nitrogens with zero attached hydrogens (tertiary/aromatic N) is 1. The Bertz CT molecular complexity index is 534. The lowest BCUT2D eigenvalue weighted by Crippen LogP contribution is -2.34. The van der Waals surface area contributed by atoms with E-state index in [2.05, 4.69) is 11.4 Å². The van der Waals surface area contributed by atoms with Crippen molar-refractivity contribution in [3.8, 4) is 6.07 Å². The molecule has 1 aromatic carbocycles. The number of amides is 1. The number of nitrogens with one attached hydrogen (secondary N) is 1. The standard InChI is InChI=1S/C17H22N2O/c1-13-7-8-15(14(2)11-13)19-16(20)17(12-18)9-5-3-4-6-10-17/h7-8,11H,3-6,9-10H2,1-2H3,(H,19,20). The maximum atomic E-state index is 12.6. The first kappa shape index (κ1) is 14.6. The van der Waals surface area contributed by atoms with Gasteiger partial charge in [0.2, 0.25) is 5.91 Å². The van der Waals surface area contributed by atoms with Crippen LogP contribution < -0.4 is 5.32 Å². The highest BCUT2D eigenvalue weighted by Gasteiger charge is 2.38. The molecular formula is C17H22N2O. The van der Waals surface area contributed by atoms with Crippen molar-refractivity contribution in [2.45, 2.75) is 52.4 Å². The molecule has 1 amide bonds. The highest BCUT2D eigenvalue weighted by molar-refractivity contribution is 5.97. The molecule has 3 nitrogen and oxygen atoms in total. The predicted octanol–water partition coefficient (Wildman–Crippen LogP) is 4.11. The van der Waals surface area contributed by atoms with Gasteiger partial charge in [0.05, 0.1) is 6.07 Å². The normalized spacial score (nSPS) is 17.9. The number of carbonyl (C=O) groups excluding carboxylic acids is 1. The zero-order valence-electron chi connectivity index (χ0n) is 12.3. The van der Waals surface area contributed by atoms with Gasteiger partial charge in [-0.05, 0) is 38.3 Å². The summed E-state index contributed by atoms with van der Waals surface area (Å²) in [5.41, 5.74) is 2.19. The van der Waals surface area contributed by atoms with Crippen molar-refractivity contribution in [1.82, 2.24) is 0 Å². The van der Waals surface area contributed by atoms with Crippen LogP contribution in [0.2, 0.25) is 0 Å². The number of carbonyl (C=O) groups is 1. The first-order valence-corrected chi connectivity index (χ1v) is 7.37. The fraction of sp³-hybridized carbons (Fsp3) is 0.529.